The van der Waals surface area contributed by atoms with Gasteiger partial charge in [-0.15, -0.1) is 0 Å². The number of ether oxygens (including phenoxy) is 3. The van der Waals surface area contributed by atoms with E-state index in [4.69, 9.17) is 32.3 Å². The number of hydrogen-bond acceptors (Lipinski definition) is 14. The summed E-state index contributed by atoms with van der Waals surface area (Å²) in [5.74, 6) is -1.59. The lowest BCUT2D eigenvalue weighted by Gasteiger charge is -2.21. The maximum Gasteiger partial charge on any atom is 0.472 e. The molecule has 0 aliphatic carbocycles. The molecule has 0 saturated carbocycles. The molecule has 123 heavy (non-hydrogen) atoms. The van der Waals surface area contributed by atoms with E-state index in [-0.39, 0.29) is 19.3 Å². The number of carbonyl (C=O) groups excluding carboxylic acids is 3. The summed E-state index contributed by atoms with van der Waals surface area (Å²) in [6.45, 7) is 2.37. The quantitative estimate of drug-likeness (QED) is 0.0146. The zero-order valence-electron chi connectivity index (χ0n) is 77.5. The molecule has 0 fully saturated rings. The number of phosphoric ester groups is 2. The van der Waals surface area contributed by atoms with Crippen molar-refractivity contribution in [3.8, 4) is 0 Å². The van der Waals surface area contributed by atoms with E-state index >= 15 is 0 Å². The van der Waals surface area contributed by atoms with E-state index < -0.39 is 91.5 Å². The summed E-state index contributed by atoms with van der Waals surface area (Å²) in [5, 5.41) is 20.8. The van der Waals surface area contributed by atoms with Crippen molar-refractivity contribution in [1.29, 1.82) is 0 Å². The third-order valence-corrected chi connectivity index (χ3v) is 22.2. The molecule has 0 heterocycles. The summed E-state index contributed by atoms with van der Waals surface area (Å²) < 4.78 is 61.6. The molecule has 0 bridgehead atoms. The van der Waals surface area contributed by atoms with Gasteiger partial charge in [0.15, 0.2) is 6.10 Å². The number of carbonyl (C=O) groups is 3. The lowest BCUT2D eigenvalue weighted by molar-refractivity contribution is -0.161. The molecule has 5 unspecified atom stereocenters. The Balaban J connectivity index is 4.59. The fraction of sp³-hybridized carbons (Fsp3) is 0.667. The smallest absolute Gasteiger partial charge is 0.463 e. The number of aliphatic hydroxyl groups is 2. The van der Waals surface area contributed by atoms with Gasteiger partial charge in [0, 0.05) is 19.3 Å². The topological polar surface area (TPSA) is 231 Å². The van der Waals surface area contributed by atoms with E-state index in [1.54, 1.807) is 0 Å². The highest BCUT2D eigenvalue weighted by Crippen LogP contribution is 2.45. The van der Waals surface area contributed by atoms with Gasteiger partial charge in [0.25, 0.3) is 0 Å². The third-order valence-electron chi connectivity index (χ3n) is 20.3. The lowest BCUT2D eigenvalue weighted by Crippen LogP contribution is -2.30. The third kappa shape index (κ3) is 96.9. The molecule has 0 amide bonds. The van der Waals surface area contributed by atoms with Crippen LogP contribution in [0.15, 0.2) is 194 Å². The van der Waals surface area contributed by atoms with Gasteiger partial charge in [-0.2, -0.15) is 0 Å². The van der Waals surface area contributed by atoms with Gasteiger partial charge in [-0.1, -0.05) is 408 Å². The standard InChI is InChI=1S/C105H176O16P2/c1-4-7-10-13-16-19-22-25-28-31-34-37-40-43-45-46-47-48-49-50-51-52-54-57-58-61-64-67-70-73-76-79-82-85-88-91-103(108)115-94-100(106)95-117-122(111,112)118-96-101(107)97-119-123(113,114)120-99-102(121-105(110)93-90-87-84-81-78-75-72-69-66-63-60-55-42-39-36-33-30-27-24-21-18-15-12-9-6-3)98-116-104(109)92-89-86-83-80-77-74-71-68-65-62-59-56-53-44-41-38-35-32-29-26-23-20-17-14-11-8-5-2/h7-12,16-21,25-30,34-39,43-45,53,55,59-60,62,100-102,106-107H,4-6,13-15,22-24,31-33,40-42,46-52,54,56-58,61,63-99H2,1-3H3,(H,111,112)(H,113,114)/b10-7-,11-8-,12-9-,19-16-,20-17-,21-18-,28-25-,29-26-,30-27-,37-34-,38-35-,39-36-,45-43-,53-44-,60-55-,62-59-. The van der Waals surface area contributed by atoms with E-state index in [0.29, 0.717) is 19.3 Å². The van der Waals surface area contributed by atoms with Crippen LogP contribution in [0.1, 0.15) is 393 Å². The highest BCUT2D eigenvalue weighted by Gasteiger charge is 2.30. The first-order chi connectivity index (χ1) is 60.2. The Morgan fingerprint density at radius 2 is 0.407 bits per heavy atom. The Hall–Kier alpha value is -5.61. The second-order valence-electron chi connectivity index (χ2n) is 32.1. The van der Waals surface area contributed by atoms with Gasteiger partial charge in [0.1, 0.15) is 25.4 Å². The minimum absolute atomic E-state index is 0.0889. The van der Waals surface area contributed by atoms with E-state index in [9.17, 15) is 43.5 Å². The molecule has 0 aromatic rings. The van der Waals surface area contributed by atoms with Gasteiger partial charge in [-0.05, 0) is 161 Å². The van der Waals surface area contributed by atoms with Crippen molar-refractivity contribution in [3.05, 3.63) is 194 Å². The van der Waals surface area contributed by atoms with Crippen LogP contribution in [-0.4, -0.2) is 95.9 Å². The molecule has 16 nitrogen and oxygen atoms in total. The van der Waals surface area contributed by atoms with Gasteiger partial charge < -0.3 is 34.2 Å². The number of aliphatic hydroxyl groups excluding tert-OH is 2. The zero-order chi connectivity index (χ0) is 89.3. The molecule has 18 heteroatoms. The molecule has 0 aliphatic heterocycles. The summed E-state index contributed by atoms with van der Waals surface area (Å²) in [4.78, 5) is 59.1. The van der Waals surface area contributed by atoms with Crippen molar-refractivity contribution in [2.24, 2.45) is 0 Å². The number of unbranched alkanes of at least 4 members (excludes halogenated alkanes) is 36. The first kappa shape index (κ1) is 117. The van der Waals surface area contributed by atoms with Gasteiger partial charge in [-0.25, -0.2) is 9.13 Å². The summed E-state index contributed by atoms with van der Waals surface area (Å²) in [6, 6.07) is 0. The summed E-state index contributed by atoms with van der Waals surface area (Å²) in [7, 11) is -9.82. The predicted molar refractivity (Wildman–Crippen MR) is 518 cm³/mol. The molecule has 4 N–H and O–H groups in total. The van der Waals surface area contributed by atoms with E-state index in [1.807, 2.05) is 0 Å². The average Bonchev–Trinajstić information content (AvgIpc) is 0.893. The van der Waals surface area contributed by atoms with Crippen molar-refractivity contribution >= 4 is 33.6 Å². The molecule has 0 radical (unpaired) electrons. The van der Waals surface area contributed by atoms with Crippen LogP contribution in [0.5, 0.6) is 0 Å². The molecule has 5 atom stereocenters. The van der Waals surface area contributed by atoms with Gasteiger partial charge in [0.2, 0.25) is 0 Å². The van der Waals surface area contributed by atoms with E-state index in [1.165, 1.54) is 128 Å². The molecular weight excluding hydrogens is 1580 g/mol. The van der Waals surface area contributed by atoms with Crippen molar-refractivity contribution in [1.82, 2.24) is 0 Å². The van der Waals surface area contributed by atoms with Crippen LogP contribution in [0, 0.1) is 0 Å². The molecular formula is C105H176O16P2. The Morgan fingerprint density at radius 1 is 0.228 bits per heavy atom. The summed E-state index contributed by atoms with van der Waals surface area (Å²) in [5.41, 5.74) is 0. The van der Waals surface area contributed by atoms with Crippen LogP contribution in [0.3, 0.4) is 0 Å². The summed E-state index contributed by atoms with van der Waals surface area (Å²) in [6.07, 6.45) is 128. The van der Waals surface area contributed by atoms with E-state index in [0.717, 1.165) is 205 Å². The predicted octanol–water partition coefficient (Wildman–Crippen LogP) is 30.6. The van der Waals surface area contributed by atoms with Gasteiger partial charge >= 0.3 is 33.6 Å². The Morgan fingerprint density at radius 3 is 0.642 bits per heavy atom. The maximum atomic E-state index is 13.1. The number of hydrogen-bond donors (Lipinski definition) is 4. The zero-order valence-corrected chi connectivity index (χ0v) is 79.3. The van der Waals surface area contributed by atoms with Crippen LogP contribution in [0.25, 0.3) is 0 Å². The van der Waals surface area contributed by atoms with Crippen molar-refractivity contribution in [3.63, 3.8) is 0 Å². The highest BCUT2D eigenvalue weighted by molar-refractivity contribution is 7.47. The summed E-state index contributed by atoms with van der Waals surface area (Å²) >= 11 is 0. The van der Waals surface area contributed by atoms with Crippen molar-refractivity contribution in [2.45, 2.75) is 411 Å². The largest absolute Gasteiger partial charge is 0.472 e. The van der Waals surface area contributed by atoms with E-state index in [2.05, 4.69) is 215 Å². The fourth-order valence-corrected chi connectivity index (χ4v) is 14.6. The fourth-order valence-electron chi connectivity index (χ4n) is 13.0. The highest BCUT2D eigenvalue weighted by atomic mass is 31.2. The number of rotatable bonds is 91. The maximum absolute atomic E-state index is 13.1. The molecule has 702 valence electrons. The van der Waals surface area contributed by atoms with Crippen LogP contribution in [-0.2, 0) is 55.8 Å². The Kier molecular flexibility index (Phi) is 91.1. The minimum atomic E-state index is -4.95. The van der Waals surface area contributed by atoms with Crippen molar-refractivity contribution in [2.75, 3.05) is 39.6 Å². The number of allylic oxidation sites excluding steroid dienone is 32. The second kappa shape index (κ2) is 95.5. The number of phosphoric acid groups is 2. The second-order valence-corrected chi connectivity index (χ2v) is 35.0. The minimum Gasteiger partial charge on any atom is -0.463 e. The average molecular weight is 1760 g/mol. The van der Waals surface area contributed by atoms with Gasteiger partial charge in [0.05, 0.1) is 26.4 Å². The van der Waals surface area contributed by atoms with Crippen molar-refractivity contribution < 1.29 is 75.8 Å². The Labute approximate surface area is 750 Å². The van der Waals surface area contributed by atoms with Crippen LogP contribution in [0.4, 0.5) is 0 Å². The van der Waals surface area contributed by atoms with Gasteiger partial charge in [-0.3, -0.25) is 32.5 Å². The molecule has 0 aromatic carbocycles. The number of esters is 3. The molecule has 0 saturated heterocycles. The van der Waals surface area contributed by atoms with Crippen LogP contribution < -0.4 is 0 Å². The molecule has 0 spiro atoms. The molecule has 0 rings (SSSR count). The first-order valence-electron chi connectivity index (χ1n) is 48.7. The Bertz CT molecular complexity index is 3020. The monoisotopic (exact) mass is 1760 g/mol. The lowest BCUT2D eigenvalue weighted by atomic mass is 10.0. The first-order valence-corrected chi connectivity index (χ1v) is 51.7. The van der Waals surface area contributed by atoms with Crippen LogP contribution in [0.2, 0.25) is 0 Å². The molecule has 0 aromatic heterocycles. The van der Waals surface area contributed by atoms with Crippen LogP contribution >= 0.6 is 15.6 Å². The SMILES string of the molecule is CC/C=C\C/C=C\C/C=C\C/C=C\C/C=C\C/C=C\CCCCCCCCCCC(=O)OCC(COP(=O)(O)OCC(O)COP(=O)(O)OCC(O)COC(=O)CCCCCCCCCCCCCCCCCCCCC/C=C\C/C=C\C/C=C\C/C=C\C/C=C\CC)OC(=O)CCCCCCCCCCC/C=C\C/C=C\C/C=C\C/C=C\C/C=C\CC. The normalized spacial score (nSPS) is 14.6. The molecule has 0 aliphatic rings.